The molecular formula is C24H27BrN4O2. The fourth-order valence-corrected chi connectivity index (χ4v) is 4.06. The van der Waals surface area contributed by atoms with Gasteiger partial charge in [0.15, 0.2) is 11.5 Å². The van der Waals surface area contributed by atoms with Crippen LogP contribution in [0.5, 0.6) is 0 Å². The molecule has 0 radical (unpaired) electrons. The van der Waals surface area contributed by atoms with Crippen molar-refractivity contribution < 1.29 is 9.32 Å². The van der Waals surface area contributed by atoms with Crippen LogP contribution in [0.2, 0.25) is 0 Å². The van der Waals surface area contributed by atoms with Crippen molar-refractivity contribution in [1.29, 1.82) is 0 Å². The fraction of sp³-hybridized carbons (Fsp3) is 0.333. The Morgan fingerprint density at radius 1 is 1.10 bits per heavy atom. The molecule has 0 aliphatic carbocycles. The maximum absolute atomic E-state index is 12.8. The molecule has 162 valence electrons. The number of carbonyl (C=O) groups is 1. The van der Waals surface area contributed by atoms with E-state index in [0.29, 0.717) is 18.0 Å². The monoisotopic (exact) mass is 482 g/mol. The standard InChI is InChI=1S/C24H27BrN4O2/c1-17-3-5-18(6-4-17)22(29-13-11-28(2)12-14-29)16-26-24(30)21-15-23(31-27-21)19-7-9-20(25)10-8-19/h3-10,15,22H,11-14,16H2,1-2H3,(H,26,30). The zero-order chi connectivity index (χ0) is 21.8. The summed E-state index contributed by atoms with van der Waals surface area (Å²) in [4.78, 5) is 17.6. The Balaban J connectivity index is 1.45. The third-order valence-electron chi connectivity index (χ3n) is 5.77. The van der Waals surface area contributed by atoms with E-state index in [4.69, 9.17) is 4.52 Å². The smallest absolute Gasteiger partial charge is 0.273 e. The van der Waals surface area contributed by atoms with Gasteiger partial charge < -0.3 is 14.7 Å². The molecule has 1 amide bonds. The largest absolute Gasteiger partial charge is 0.355 e. The lowest BCUT2D eigenvalue weighted by Crippen LogP contribution is -2.48. The molecule has 2 heterocycles. The summed E-state index contributed by atoms with van der Waals surface area (Å²) < 4.78 is 6.39. The summed E-state index contributed by atoms with van der Waals surface area (Å²) in [6.45, 7) is 6.60. The maximum Gasteiger partial charge on any atom is 0.273 e. The van der Waals surface area contributed by atoms with Crippen molar-refractivity contribution in [2.75, 3.05) is 39.8 Å². The van der Waals surface area contributed by atoms with E-state index in [0.717, 1.165) is 36.2 Å². The average molecular weight is 483 g/mol. The number of halogens is 1. The number of aromatic nitrogens is 1. The van der Waals surface area contributed by atoms with Gasteiger partial charge in [0.1, 0.15) is 0 Å². The molecule has 7 heteroatoms. The van der Waals surface area contributed by atoms with E-state index in [1.165, 1.54) is 11.1 Å². The highest BCUT2D eigenvalue weighted by molar-refractivity contribution is 9.10. The van der Waals surface area contributed by atoms with Gasteiger partial charge in [-0.2, -0.15) is 0 Å². The Bertz CT molecular complexity index is 1010. The third kappa shape index (κ3) is 5.42. The lowest BCUT2D eigenvalue weighted by molar-refractivity contribution is 0.0878. The number of aryl methyl sites for hydroxylation is 1. The lowest BCUT2D eigenvalue weighted by Gasteiger charge is -2.38. The summed E-state index contributed by atoms with van der Waals surface area (Å²) in [5.41, 5.74) is 3.61. The molecule has 4 rings (SSSR count). The summed E-state index contributed by atoms with van der Waals surface area (Å²) in [5.74, 6) is 0.352. The van der Waals surface area contributed by atoms with Crippen molar-refractivity contribution in [3.05, 3.63) is 75.9 Å². The Morgan fingerprint density at radius 3 is 2.45 bits per heavy atom. The van der Waals surface area contributed by atoms with Crippen LogP contribution in [-0.2, 0) is 0 Å². The van der Waals surface area contributed by atoms with Crippen molar-refractivity contribution in [2.45, 2.75) is 13.0 Å². The molecule has 0 bridgehead atoms. The van der Waals surface area contributed by atoms with Gasteiger partial charge in [0.2, 0.25) is 0 Å². The van der Waals surface area contributed by atoms with Gasteiger partial charge in [0, 0.05) is 48.8 Å². The van der Waals surface area contributed by atoms with Crippen LogP contribution in [0.1, 0.15) is 27.7 Å². The molecule has 1 aliphatic rings. The van der Waals surface area contributed by atoms with Crippen LogP contribution >= 0.6 is 15.9 Å². The minimum absolute atomic E-state index is 0.121. The first kappa shape index (κ1) is 21.7. The molecule has 0 spiro atoms. The molecule has 6 nitrogen and oxygen atoms in total. The molecule has 31 heavy (non-hydrogen) atoms. The molecule has 1 N–H and O–H groups in total. The predicted octanol–water partition coefficient (Wildman–Crippen LogP) is 4.13. The lowest BCUT2D eigenvalue weighted by atomic mass is 10.0. The molecule has 2 aromatic carbocycles. The van der Waals surface area contributed by atoms with Crippen LogP contribution < -0.4 is 5.32 Å². The molecule has 1 saturated heterocycles. The highest BCUT2D eigenvalue weighted by atomic mass is 79.9. The van der Waals surface area contributed by atoms with Gasteiger partial charge in [0.05, 0.1) is 6.04 Å². The van der Waals surface area contributed by atoms with Gasteiger partial charge in [-0.3, -0.25) is 9.69 Å². The van der Waals surface area contributed by atoms with Crippen LogP contribution in [-0.4, -0.2) is 60.6 Å². The summed E-state index contributed by atoms with van der Waals surface area (Å²) in [6.07, 6.45) is 0. The normalized spacial score (nSPS) is 16.2. The number of nitrogens with zero attached hydrogens (tertiary/aromatic N) is 3. The number of benzene rings is 2. The summed E-state index contributed by atoms with van der Waals surface area (Å²) in [7, 11) is 2.15. The maximum atomic E-state index is 12.8. The van der Waals surface area contributed by atoms with E-state index < -0.39 is 0 Å². The highest BCUT2D eigenvalue weighted by Gasteiger charge is 2.25. The number of likely N-dealkylation sites (N-methyl/N-ethyl adjacent to an activating group) is 1. The van der Waals surface area contributed by atoms with E-state index in [-0.39, 0.29) is 11.9 Å². The van der Waals surface area contributed by atoms with Gasteiger partial charge in [-0.05, 0) is 31.7 Å². The first-order chi connectivity index (χ1) is 15.0. The van der Waals surface area contributed by atoms with Crippen molar-refractivity contribution >= 4 is 21.8 Å². The minimum Gasteiger partial charge on any atom is -0.355 e. The number of carbonyl (C=O) groups excluding carboxylic acids is 1. The Morgan fingerprint density at radius 2 is 1.77 bits per heavy atom. The minimum atomic E-state index is -0.224. The molecule has 1 atom stereocenters. The summed E-state index contributed by atoms with van der Waals surface area (Å²) >= 11 is 3.42. The number of hydrogen-bond acceptors (Lipinski definition) is 5. The highest BCUT2D eigenvalue weighted by Crippen LogP contribution is 2.24. The Kier molecular flexibility index (Phi) is 6.85. The van der Waals surface area contributed by atoms with Gasteiger partial charge in [-0.15, -0.1) is 0 Å². The first-order valence-electron chi connectivity index (χ1n) is 10.5. The number of piperazine rings is 1. The topological polar surface area (TPSA) is 61.6 Å². The predicted molar refractivity (Wildman–Crippen MR) is 125 cm³/mol. The molecule has 3 aromatic rings. The number of nitrogens with one attached hydrogen (secondary N) is 1. The Labute approximate surface area is 191 Å². The van der Waals surface area contributed by atoms with E-state index in [1.54, 1.807) is 6.07 Å². The number of amides is 1. The number of hydrogen-bond donors (Lipinski definition) is 1. The third-order valence-corrected chi connectivity index (χ3v) is 6.30. The van der Waals surface area contributed by atoms with Gasteiger partial charge >= 0.3 is 0 Å². The zero-order valence-corrected chi connectivity index (χ0v) is 19.4. The molecule has 1 fully saturated rings. The van der Waals surface area contributed by atoms with Gasteiger partial charge in [0.25, 0.3) is 5.91 Å². The van der Waals surface area contributed by atoms with Gasteiger partial charge in [-0.25, -0.2) is 0 Å². The van der Waals surface area contributed by atoms with Crippen LogP contribution in [0.4, 0.5) is 0 Å². The second-order valence-corrected chi connectivity index (χ2v) is 8.97. The zero-order valence-electron chi connectivity index (χ0n) is 17.8. The quantitative estimate of drug-likeness (QED) is 0.572. The SMILES string of the molecule is Cc1ccc(C(CNC(=O)c2cc(-c3ccc(Br)cc3)on2)N2CCN(C)CC2)cc1. The van der Waals surface area contributed by atoms with Crippen LogP contribution in [0.3, 0.4) is 0 Å². The van der Waals surface area contributed by atoms with E-state index in [9.17, 15) is 4.79 Å². The second-order valence-electron chi connectivity index (χ2n) is 8.06. The second kappa shape index (κ2) is 9.77. The van der Waals surface area contributed by atoms with Crippen molar-refractivity contribution in [1.82, 2.24) is 20.3 Å². The van der Waals surface area contributed by atoms with Crippen LogP contribution in [0.25, 0.3) is 11.3 Å². The molecular weight excluding hydrogens is 456 g/mol. The molecule has 1 unspecified atom stereocenters. The summed E-state index contributed by atoms with van der Waals surface area (Å²) in [6, 6.07) is 18.1. The van der Waals surface area contributed by atoms with Crippen molar-refractivity contribution in [3.63, 3.8) is 0 Å². The van der Waals surface area contributed by atoms with Crippen molar-refractivity contribution in [2.24, 2.45) is 0 Å². The molecule has 0 saturated carbocycles. The fourth-order valence-electron chi connectivity index (χ4n) is 3.79. The number of rotatable bonds is 6. The van der Waals surface area contributed by atoms with E-state index >= 15 is 0 Å². The van der Waals surface area contributed by atoms with Crippen LogP contribution in [0, 0.1) is 6.92 Å². The first-order valence-corrected chi connectivity index (χ1v) is 11.3. The Hall–Kier alpha value is -2.48. The average Bonchev–Trinajstić information content (AvgIpc) is 3.27. The molecule has 1 aromatic heterocycles. The van der Waals surface area contributed by atoms with E-state index in [2.05, 4.69) is 74.4 Å². The summed E-state index contributed by atoms with van der Waals surface area (Å²) in [5, 5.41) is 7.05. The molecule has 1 aliphatic heterocycles. The van der Waals surface area contributed by atoms with Gasteiger partial charge in [-0.1, -0.05) is 63.0 Å². The van der Waals surface area contributed by atoms with E-state index in [1.807, 2.05) is 24.3 Å². The van der Waals surface area contributed by atoms with Crippen molar-refractivity contribution in [3.8, 4) is 11.3 Å². The van der Waals surface area contributed by atoms with Crippen LogP contribution in [0.15, 0.2) is 63.6 Å².